The van der Waals surface area contributed by atoms with Crippen molar-refractivity contribution in [3.8, 4) is 0 Å². The third kappa shape index (κ3) is 4.50. The van der Waals surface area contributed by atoms with Crippen molar-refractivity contribution < 1.29 is 5.11 Å². The smallest absolute Gasteiger partial charge is 0.159 e. The van der Waals surface area contributed by atoms with Gasteiger partial charge in [-0.15, -0.1) is 0 Å². The molecule has 0 aromatic heterocycles. The lowest BCUT2D eigenvalue weighted by Crippen LogP contribution is -2.18. The summed E-state index contributed by atoms with van der Waals surface area (Å²) in [6.45, 7) is -0.183. The van der Waals surface area contributed by atoms with Crippen LogP contribution in [0.3, 0.4) is 0 Å². The van der Waals surface area contributed by atoms with Gasteiger partial charge in [0.25, 0.3) is 0 Å². The molecule has 6 heavy (non-hydrogen) atoms. The Hall–Kier alpha value is 0.500. The zero-order chi connectivity index (χ0) is 4.99. The molecule has 0 aromatic rings. The number of aliphatic hydroxyl groups is 1. The van der Waals surface area contributed by atoms with Crippen LogP contribution in [0.1, 0.15) is 0 Å². The minimum atomic E-state index is -0.657. The molecule has 0 aliphatic carbocycles. The van der Waals surface area contributed by atoms with Gasteiger partial charge in [0.15, 0.2) is 4.96 Å². The molecule has 0 spiro atoms. The van der Waals surface area contributed by atoms with E-state index in [9.17, 15) is 0 Å². The number of hydrogen-bond donors (Lipinski definition) is 2. The van der Waals surface area contributed by atoms with Crippen molar-refractivity contribution in [3.63, 3.8) is 0 Å². The van der Waals surface area contributed by atoms with E-state index in [0.717, 1.165) is 0 Å². The molecule has 0 saturated heterocycles. The molecule has 0 saturated carbocycles. The van der Waals surface area contributed by atoms with Crippen molar-refractivity contribution in [1.29, 1.82) is 0 Å². The van der Waals surface area contributed by atoms with Crippen molar-refractivity contribution in [2.75, 3.05) is 6.73 Å². The molecular weight excluding hydrogens is 125 g/mol. The molecule has 0 aliphatic heterocycles. The van der Waals surface area contributed by atoms with E-state index >= 15 is 0 Å². The number of nitrogens with one attached hydrogen (secondary N) is 1. The van der Waals surface area contributed by atoms with Crippen molar-refractivity contribution in [3.05, 3.63) is 0 Å². The van der Waals surface area contributed by atoms with Gasteiger partial charge in [0.05, 0.1) is 6.73 Å². The molecule has 2 N–H and O–H groups in total. The van der Waals surface area contributed by atoms with E-state index in [4.69, 9.17) is 28.3 Å². The first-order chi connectivity index (χ1) is 2.77. The minimum absolute atomic E-state index is 0.183. The zero-order valence-electron chi connectivity index (χ0n) is 2.99. The highest BCUT2D eigenvalue weighted by Gasteiger charge is 1.89. The first-order valence-electron chi connectivity index (χ1n) is 1.39. The molecule has 0 radical (unpaired) electrons. The van der Waals surface area contributed by atoms with Crippen molar-refractivity contribution in [2.45, 2.75) is 4.96 Å². The summed E-state index contributed by atoms with van der Waals surface area (Å²) in [5.74, 6) is 0. The number of aliphatic hydroxyl groups excluding tert-OH is 1. The lowest BCUT2D eigenvalue weighted by Gasteiger charge is -1.95. The summed E-state index contributed by atoms with van der Waals surface area (Å²) in [5.41, 5.74) is 0. The molecule has 4 heteroatoms. The van der Waals surface area contributed by atoms with Crippen LogP contribution in [0, 0.1) is 0 Å². The molecular formula is C2H5Cl2NO. The molecule has 0 aromatic carbocycles. The molecule has 0 amide bonds. The average Bonchev–Trinajstić information content (AvgIpc) is 1.35. The first kappa shape index (κ1) is 6.50. The SMILES string of the molecule is OCNC(Cl)Cl. The molecule has 0 fully saturated rings. The number of halogens is 2. The van der Waals surface area contributed by atoms with Crippen LogP contribution >= 0.6 is 23.2 Å². The fourth-order valence-corrected chi connectivity index (χ4v) is 0.207. The first-order valence-corrected chi connectivity index (χ1v) is 2.27. The highest BCUT2D eigenvalue weighted by molar-refractivity contribution is 6.43. The van der Waals surface area contributed by atoms with Gasteiger partial charge < -0.3 is 5.11 Å². The third-order valence-electron chi connectivity index (χ3n) is 0.246. The summed E-state index contributed by atoms with van der Waals surface area (Å²) in [7, 11) is 0. The lowest BCUT2D eigenvalue weighted by atomic mass is 11.2. The van der Waals surface area contributed by atoms with Gasteiger partial charge in [-0.3, -0.25) is 5.32 Å². The van der Waals surface area contributed by atoms with Gasteiger partial charge in [0.1, 0.15) is 0 Å². The fraction of sp³-hybridized carbons (Fsp3) is 1.00. The summed E-state index contributed by atoms with van der Waals surface area (Å²) < 4.78 is 0. The van der Waals surface area contributed by atoms with Crippen molar-refractivity contribution >= 4 is 23.2 Å². The van der Waals surface area contributed by atoms with E-state index in [1.54, 1.807) is 0 Å². The number of alkyl halides is 2. The highest BCUT2D eigenvalue weighted by Crippen LogP contribution is 1.92. The summed E-state index contributed by atoms with van der Waals surface area (Å²) in [6, 6.07) is 0. The van der Waals surface area contributed by atoms with Gasteiger partial charge in [-0.2, -0.15) is 0 Å². The van der Waals surface area contributed by atoms with Crippen LogP contribution in [0.15, 0.2) is 0 Å². The predicted octanol–water partition coefficient (Wildman–Crippen LogP) is 0.287. The van der Waals surface area contributed by atoms with Crippen LogP contribution in [0.4, 0.5) is 0 Å². The zero-order valence-corrected chi connectivity index (χ0v) is 4.50. The Morgan fingerprint density at radius 2 is 2.17 bits per heavy atom. The topological polar surface area (TPSA) is 32.3 Å². The minimum Gasteiger partial charge on any atom is -0.381 e. The van der Waals surface area contributed by atoms with Crippen LogP contribution in [0.25, 0.3) is 0 Å². The van der Waals surface area contributed by atoms with Crippen molar-refractivity contribution in [1.82, 2.24) is 5.32 Å². The van der Waals surface area contributed by atoms with E-state index < -0.39 is 4.96 Å². The maximum atomic E-state index is 7.96. The summed E-state index contributed by atoms with van der Waals surface area (Å²) in [4.78, 5) is -0.657. The molecule has 0 rings (SSSR count). The maximum Gasteiger partial charge on any atom is 0.159 e. The van der Waals surface area contributed by atoms with Gasteiger partial charge in [0, 0.05) is 0 Å². The molecule has 2 nitrogen and oxygen atoms in total. The Morgan fingerprint density at radius 1 is 1.67 bits per heavy atom. The van der Waals surface area contributed by atoms with Crippen LogP contribution in [-0.4, -0.2) is 16.8 Å². The molecule has 0 bridgehead atoms. The molecule has 0 heterocycles. The fourth-order valence-electron chi connectivity index (χ4n) is 0.0690. The summed E-state index contributed by atoms with van der Waals surface area (Å²) in [6.07, 6.45) is 0. The molecule has 0 atom stereocenters. The van der Waals surface area contributed by atoms with Crippen LogP contribution in [-0.2, 0) is 0 Å². The number of rotatable bonds is 2. The maximum absolute atomic E-state index is 7.96. The second kappa shape index (κ2) is 3.68. The van der Waals surface area contributed by atoms with Crippen LogP contribution in [0.2, 0.25) is 0 Å². The second-order valence-corrected chi connectivity index (χ2v) is 1.76. The van der Waals surface area contributed by atoms with Gasteiger partial charge >= 0.3 is 0 Å². The van der Waals surface area contributed by atoms with Gasteiger partial charge in [-0.1, -0.05) is 23.2 Å². The molecule has 0 unspecified atom stereocenters. The van der Waals surface area contributed by atoms with Crippen LogP contribution < -0.4 is 5.32 Å². The van der Waals surface area contributed by atoms with Crippen LogP contribution in [0.5, 0.6) is 0 Å². The third-order valence-corrected chi connectivity index (χ3v) is 0.554. The van der Waals surface area contributed by atoms with Gasteiger partial charge in [-0.25, -0.2) is 0 Å². The standard InChI is InChI=1S/C2H5Cl2NO/c3-2(4)5-1-6/h2,5-6H,1H2. The highest BCUT2D eigenvalue weighted by atomic mass is 35.5. The number of hydrogen-bond acceptors (Lipinski definition) is 2. The van der Waals surface area contributed by atoms with Gasteiger partial charge in [-0.05, 0) is 0 Å². The molecule has 0 aliphatic rings. The van der Waals surface area contributed by atoms with E-state index in [1.807, 2.05) is 0 Å². The Morgan fingerprint density at radius 3 is 2.17 bits per heavy atom. The normalized spacial score (nSPS) is 10.0. The summed E-state index contributed by atoms with van der Waals surface area (Å²) in [5, 5.41) is 10.3. The average molecular weight is 130 g/mol. The predicted molar refractivity (Wildman–Crippen MR) is 25.7 cm³/mol. The van der Waals surface area contributed by atoms with Crippen molar-refractivity contribution in [2.24, 2.45) is 0 Å². The Balaban J connectivity index is 2.63. The van der Waals surface area contributed by atoms with E-state index in [0.29, 0.717) is 0 Å². The lowest BCUT2D eigenvalue weighted by molar-refractivity contribution is 0.266. The van der Waals surface area contributed by atoms with E-state index in [2.05, 4.69) is 5.32 Å². The molecule has 38 valence electrons. The Labute approximate surface area is 46.1 Å². The van der Waals surface area contributed by atoms with E-state index in [1.165, 1.54) is 0 Å². The largest absolute Gasteiger partial charge is 0.381 e. The Bertz CT molecular complexity index is 32.7. The summed E-state index contributed by atoms with van der Waals surface area (Å²) >= 11 is 10.1. The monoisotopic (exact) mass is 129 g/mol. The quantitative estimate of drug-likeness (QED) is 0.319. The second-order valence-electron chi connectivity index (χ2n) is 0.663. The Kier molecular flexibility index (Phi) is 3.99. The van der Waals surface area contributed by atoms with Gasteiger partial charge in [0.2, 0.25) is 0 Å². The van der Waals surface area contributed by atoms with E-state index in [-0.39, 0.29) is 6.73 Å².